The summed E-state index contributed by atoms with van der Waals surface area (Å²) in [6.07, 6.45) is 3.78. The van der Waals surface area contributed by atoms with Crippen molar-refractivity contribution < 1.29 is 23.4 Å². The van der Waals surface area contributed by atoms with Gasteiger partial charge < -0.3 is 9.84 Å². The molecule has 0 amide bonds. The van der Waals surface area contributed by atoms with Gasteiger partial charge in [0.05, 0.1) is 6.61 Å². The molecule has 0 spiro atoms. The molecule has 0 aromatic heterocycles. The van der Waals surface area contributed by atoms with Gasteiger partial charge in [0.25, 0.3) is 0 Å². The maximum absolute atomic E-state index is 14.3. The Morgan fingerprint density at radius 3 is 2.50 bits per heavy atom. The van der Waals surface area contributed by atoms with E-state index >= 15 is 0 Å². The number of carboxylic acid groups (broad SMARTS) is 1. The monoisotopic (exact) mass is 378 g/mol. The smallest absolute Gasteiger partial charge is 0.303 e. The Kier molecular flexibility index (Phi) is 6.14. The number of aliphatic carboxylic acids is 1. The first-order valence-corrected chi connectivity index (χ1v) is 9.51. The zero-order chi connectivity index (χ0) is 18.5. The third-order valence-electron chi connectivity index (χ3n) is 4.30. The van der Waals surface area contributed by atoms with E-state index in [1.807, 2.05) is 24.3 Å². The Morgan fingerprint density at radius 2 is 1.88 bits per heavy atom. The van der Waals surface area contributed by atoms with Crippen LogP contribution in [-0.4, -0.2) is 22.9 Å². The molecule has 0 heterocycles. The average molecular weight is 378 g/mol. The van der Waals surface area contributed by atoms with E-state index in [4.69, 9.17) is 9.84 Å². The van der Waals surface area contributed by atoms with Gasteiger partial charge in [-0.3, -0.25) is 4.79 Å². The predicted octanol–water partition coefficient (Wildman–Crippen LogP) is 5.52. The summed E-state index contributed by atoms with van der Waals surface area (Å²) in [7, 11) is 0. The molecule has 0 bridgehead atoms. The molecule has 3 nitrogen and oxygen atoms in total. The van der Waals surface area contributed by atoms with Crippen molar-refractivity contribution in [2.24, 2.45) is 0 Å². The van der Waals surface area contributed by atoms with Gasteiger partial charge in [0.15, 0.2) is 17.4 Å². The van der Waals surface area contributed by atoms with E-state index in [-0.39, 0.29) is 19.4 Å². The van der Waals surface area contributed by atoms with Crippen LogP contribution in [0.1, 0.15) is 32.1 Å². The molecule has 1 N–H and O–H groups in total. The lowest BCUT2D eigenvalue weighted by atomic mass is 10.00. The highest BCUT2D eigenvalue weighted by Gasteiger charge is 2.19. The van der Waals surface area contributed by atoms with E-state index in [1.54, 1.807) is 11.8 Å². The summed E-state index contributed by atoms with van der Waals surface area (Å²) in [6, 6.07) is 10.2. The molecular weight excluding hydrogens is 358 g/mol. The fourth-order valence-electron chi connectivity index (χ4n) is 2.69. The molecule has 0 aliphatic heterocycles. The van der Waals surface area contributed by atoms with Crippen LogP contribution in [0.15, 0.2) is 41.3 Å². The number of carboxylic acids is 1. The van der Waals surface area contributed by atoms with Gasteiger partial charge in [0, 0.05) is 16.6 Å². The van der Waals surface area contributed by atoms with Crippen molar-refractivity contribution in [3.8, 4) is 16.9 Å². The van der Waals surface area contributed by atoms with Gasteiger partial charge in [-0.25, -0.2) is 8.78 Å². The summed E-state index contributed by atoms with van der Waals surface area (Å²) in [5.41, 5.74) is 1.21. The normalized spacial score (nSPS) is 14.1. The summed E-state index contributed by atoms with van der Waals surface area (Å²) in [5, 5.41) is 9.21. The molecule has 0 radical (unpaired) electrons. The fourth-order valence-corrected chi connectivity index (χ4v) is 4.00. The first-order chi connectivity index (χ1) is 12.5. The van der Waals surface area contributed by atoms with Crippen molar-refractivity contribution in [1.82, 2.24) is 0 Å². The lowest BCUT2D eigenvalue weighted by Gasteiger charge is -2.24. The third kappa shape index (κ3) is 4.75. The maximum atomic E-state index is 14.3. The number of carbonyl (C=O) groups is 1. The number of halogens is 2. The predicted molar refractivity (Wildman–Crippen MR) is 97.7 cm³/mol. The molecule has 3 rings (SSSR count). The van der Waals surface area contributed by atoms with Crippen LogP contribution in [0.3, 0.4) is 0 Å². The summed E-state index contributed by atoms with van der Waals surface area (Å²) in [5.74, 6) is -3.00. The van der Waals surface area contributed by atoms with Crippen molar-refractivity contribution in [3.63, 3.8) is 0 Å². The average Bonchev–Trinajstić information content (AvgIpc) is 2.56. The SMILES string of the molecule is O=C(O)CCCOc1c(F)cc(-c2cccc(SC3CCC3)c2)cc1F. The van der Waals surface area contributed by atoms with Crippen LogP contribution in [0.25, 0.3) is 11.1 Å². The molecule has 0 atom stereocenters. The topological polar surface area (TPSA) is 46.5 Å². The van der Waals surface area contributed by atoms with E-state index < -0.39 is 23.4 Å². The minimum Gasteiger partial charge on any atom is -0.488 e. The molecular formula is C20H20F2O3S. The van der Waals surface area contributed by atoms with Gasteiger partial charge in [0.2, 0.25) is 0 Å². The van der Waals surface area contributed by atoms with Crippen LogP contribution in [0.4, 0.5) is 8.78 Å². The Labute approximate surface area is 155 Å². The van der Waals surface area contributed by atoms with E-state index in [0.29, 0.717) is 10.8 Å². The van der Waals surface area contributed by atoms with Gasteiger partial charge in [-0.15, -0.1) is 11.8 Å². The molecule has 6 heteroatoms. The van der Waals surface area contributed by atoms with E-state index in [1.165, 1.54) is 31.4 Å². The Morgan fingerprint density at radius 1 is 1.15 bits per heavy atom. The molecule has 138 valence electrons. The van der Waals surface area contributed by atoms with E-state index in [0.717, 1.165) is 10.5 Å². The fraction of sp³-hybridized carbons (Fsp3) is 0.350. The first-order valence-electron chi connectivity index (χ1n) is 8.63. The summed E-state index contributed by atoms with van der Waals surface area (Å²) >= 11 is 1.81. The number of ether oxygens (including phenoxy) is 1. The van der Waals surface area contributed by atoms with Crippen LogP contribution in [-0.2, 0) is 4.79 Å². The van der Waals surface area contributed by atoms with Crippen molar-refractivity contribution in [1.29, 1.82) is 0 Å². The van der Waals surface area contributed by atoms with Crippen molar-refractivity contribution in [2.45, 2.75) is 42.2 Å². The second-order valence-electron chi connectivity index (χ2n) is 6.31. The number of thioether (sulfide) groups is 1. The standard InChI is InChI=1S/C20H20F2O3S/c21-17-11-14(12-18(22)20(17)25-9-3-8-19(23)24)13-4-1-7-16(10-13)26-15-5-2-6-15/h1,4,7,10-12,15H,2-3,5-6,8-9H2,(H,23,24). The highest BCUT2D eigenvalue weighted by atomic mass is 32.2. The molecule has 2 aromatic rings. The Hall–Kier alpha value is -2.08. The minimum absolute atomic E-state index is 0.0486. The second kappa shape index (κ2) is 8.54. The number of rotatable bonds is 8. The quantitative estimate of drug-likeness (QED) is 0.615. The van der Waals surface area contributed by atoms with Crippen molar-refractivity contribution >= 4 is 17.7 Å². The third-order valence-corrected chi connectivity index (χ3v) is 5.63. The molecule has 2 aromatic carbocycles. The molecule has 0 unspecified atom stereocenters. The van der Waals surface area contributed by atoms with Crippen LogP contribution >= 0.6 is 11.8 Å². The Balaban J connectivity index is 1.72. The number of benzene rings is 2. The van der Waals surface area contributed by atoms with E-state index in [9.17, 15) is 13.6 Å². The van der Waals surface area contributed by atoms with Crippen molar-refractivity contribution in [2.75, 3.05) is 6.61 Å². The summed E-state index contributed by atoms with van der Waals surface area (Å²) in [4.78, 5) is 11.6. The van der Waals surface area contributed by atoms with Gasteiger partial charge in [0.1, 0.15) is 0 Å². The molecule has 1 saturated carbocycles. The van der Waals surface area contributed by atoms with Gasteiger partial charge in [-0.05, 0) is 54.7 Å². The second-order valence-corrected chi connectivity index (χ2v) is 7.69. The molecule has 1 aliphatic rings. The molecule has 26 heavy (non-hydrogen) atoms. The van der Waals surface area contributed by atoms with Crippen LogP contribution in [0.2, 0.25) is 0 Å². The highest BCUT2D eigenvalue weighted by Crippen LogP contribution is 2.38. The number of hydrogen-bond acceptors (Lipinski definition) is 3. The van der Waals surface area contributed by atoms with Crippen LogP contribution in [0, 0.1) is 11.6 Å². The van der Waals surface area contributed by atoms with Gasteiger partial charge in [-0.1, -0.05) is 18.6 Å². The number of hydrogen-bond donors (Lipinski definition) is 1. The summed E-state index contributed by atoms with van der Waals surface area (Å²) < 4.78 is 33.6. The van der Waals surface area contributed by atoms with Crippen LogP contribution in [0.5, 0.6) is 5.75 Å². The maximum Gasteiger partial charge on any atom is 0.303 e. The van der Waals surface area contributed by atoms with E-state index in [2.05, 4.69) is 0 Å². The van der Waals surface area contributed by atoms with Gasteiger partial charge in [-0.2, -0.15) is 0 Å². The molecule has 0 saturated heterocycles. The molecule has 1 fully saturated rings. The first kappa shape index (κ1) is 18.7. The Bertz CT molecular complexity index is 767. The zero-order valence-corrected chi connectivity index (χ0v) is 15.0. The van der Waals surface area contributed by atoms with Gasteiger partial charge >= 0.3 is 5.97 Å². The van der Waals surface area contributed by atoms with Crippen molar-refractivity contribution in [3.05, 3.63) is 48.0 Å². The minimum atomic E-state index is -0.968. The lowest BCUT2D eigenvalue weighted by molar-refractivity contribution is -0.137. The lowest BCUT2D eigenvalue weighted by Crippen LogP contribution is -2.12. The molecule has 1 aliphatic carbocycles. The highest BCUT2D eigenvalue weighted by molar-refractivity contribution is 8.00. The largest absolute Gasteiger partial charge is 0.488 e. The van der Waals surface area contributed by atoms with Crippen LogP contribution < -0.4 is 4.74 Å². The zero-order valence-electron chi connectivity index (χ0n) is 14.2. The summed E-state index contributed by atoms with van der Waals surface area (Å²) in [6.45, 7) is -0.0486.